The fourth-order valence-electron chi connectivity index (χ4n) is 3.12. The van der Waals surface area contributed by atoms with Gasteiger partial charge in [-0.25, -0.2) is 0 Å². The predicted molar refractivity (Wildman–Crippen MR) is 87.2 cm³/mol. The van der Waals surface area contributed by atoms with Crippen molar-refractivity contribution in [2.75, 3.05) is 13.2 Å². The Balaban J connectivity index is 1.78. The number of nitrogens with one attached hydrogen (secondary N) is 2. The van der Waals surface area contributed by atoms with Crippen LogP contribution in [0.3, 0.4) is 0 Å². The molecule has 1 aliphatic rings. The first-order valence-electron chi connectivity index (χ1n) is 7.73. The second kappa shape index (κ2) is 6.52. The fourth-order valence-corrected chi connectivity index (χ4v) is 3.12. The predicted octanol–water partition coefficient (Wildman–Crippen LogP) is 1.37. The smallest absolute Gasteiger partial charge is 0.305 e. The zero-order valence-electron chi connectivity index (χ0n) is 13.3. The van der Waals surface area contributed by atoms with Crippen molar-refractivity contribution in [2.24, 2.45) is 0 Å². The molecule has 3 rings (SSSR count). The lowest BCUT2D eigenvalue weighted by Gasteiger charge is -2.27. The van der Waals surface area contributed by atoms with Crippen molar-refractivity contribution < 1.29 is 24.4 Å². The van der Waals surface area contributed by atoms with Gasteiger partial charge in [-0.1, -0.05) is 0 Å². The number of carboxylic acids is 1. The molecule has 1 fully saturated rings. The van der Waals surface area contributed by atoms with Crippen LogP contribution in [0.25, 0.3) is 10.9 Å². The van der Waals surface area contributed by atoms with Gasteiger partial charge in [0.15, 0.2) is 0 Å². The molecule has 1 unspecified atom stereocenters. The average molecular weight is 347 g/mol. The number of nitro benzene ring substituents is 1. The third-order valence-electron chi connectivity index (χ3n) is 4.31. The van der Waals surface area contributed by atoms with Crippen molar-refractivity contribution in [1.29, 1.82) is 0 Å². The van der Waals surface area contributed by atoms with Crippen LogP contribution in [0.5, 0.6) is 0 Å². The molecule has 0 saturated carbocycles. The number of hydrogen-bond acceptors (Lipinski definition) is 5. The van der Waals surface area contributed by atoms with Gasteiger partial charge in [-0.15, -0.1) is 0 Å². The van der Waals surface area contributed by atoms with E-state index in [0.29, 0.717) is 29.5 Å². The van der Waals surface area contributed by atoms with E-state index >= 15 is 0 Å². The van der Waals surface area contributed by atoms with Crippen LogP contribution in [0, 0.1) is 10.1 Å². The van der Waals surface area contributed by atoms with Gasteiger partial charge in [0.1, 0.15) is 0 Å². The minimum atomic E-state index is -1.01. The molecule has 0 aliphatic carbocycles. The van der Waals surface area contributed by atoms with Crippen molar-refractivity contribution >= 4 is 28.5 Å². The maximum Gasteiger partial charge on any atom is 0.305 e. The number of nitrogens with zero attached hydrogens (tertiary/aromatic N) is 1. The van der Waals surface area contributed by atoms with Crippen LogP contribution in [0.4, 0.5) is 5.69 Å². The van der Waals surface area contributed by atoms with Crippen molar-refractivity contribution in [3.63, 3.8) is 0 Å². The monoisotopic (exact) mass is 347 g/mol. The van der Waals surface area contributed by atoms with Gasteiger partial charge in [-0.2, -0.15) is 0 Å². The standard InChI is InChI=1S/C16H17N3O6/c20-14(18-16(7-15(21)22)3-4-25-9-16)5-10-8-17-13-2-1-11(19(23)24)6-12(10)13/h1-2,6,8,17H,3-5,7,9H2,(H,18,20)(H,21,22). The topological polar surface area (TPSA) is 135 Å². The summed E-state index contributed by atoms with van der Waals surface area (Å²) in [4.78, 5) is 36.9. The summed E-state index contributed by atoms with van der Waals surface area (Å²) in [5.74, 6) is -1.35. The summed E-state index contributed by atoms with van der Waals surface area (Å²) in [6.07, 6.45) is 1.84. The van der Waals surface area contributed by atoms with Gasteiger partial charge in [-0.3, -0.25) is 19.7 Å². The molecular weight excluding hydrogens is 330 g/mol. The Kier molecular flexibility index (Phi) is 4.41. The van der Waals surface area contributed by atoms with E-state index < -0.39 is 16.4 Å². The second-order valence-electron chi connectivity index (χ2n) is 6.18. The van der Waals surface area contributed by atoms with Crippen molar-refractivity contribution in [1.82, 2.24) is 10.3 Å². The van der Waals surface area contributed by atoms with E-state index in [-0.39, 0.29) is 31.0 Å². The highest BCUT2D eigenvalue weighted by molar-refractivity contribution is 5.90. The number of non-ortho nitro benzene ring substituents is 1. The minimum Gasteiger partial charge on any atom is -0.481 e. The average Bonchev–Trinajstić information content (AvgIpc) is 3.13. The first-order valence-corrected chi connectivity index (χ1v) is 7.73. The Morgan fingerprint density at radius 3 is 2.88 bits per heavy atom. The van der Waals surface area contributed by atoms with Crippen LogP contribution in [0.15, 0.2) is 24.4 Å². The number of aliphatic carboxylic acids is 1. The first kappa shape index (κ1) is 16.9. The molecule has 9 heteroatoms. The molecule has 9 nitrogen and oxygen atoms in total. The van der Waals surface area contributed by atoms with Crippen molar-refractivity contribution in [2.45, 2.75) is 24.8 Å². The molecule has 1 saturated heterocycles. The quantitative estimate of drug-likeness (QED) is 0.533. The number of benzene rings is 1. The van der Waals surface area contributed by atoms with E-state index in [9.17, 15) is 19.7 Å². The lowest BCUT2D eigenvalue weighted by atomic mass is 9.94. The second-order valence-corrected chi connectivity index (χ2v) is 6.18. The number of fused-ring (bicyclic) bond motifs is 1. The molecule has 3 N–H and O–H groups in total. The zero-order chi connectivity index (χ0) is 18.0. The van der Waals surface area contributed by atoms with Gasteiger partial charge in [-0.05, 0) is 18.1 Å². The Bertz CT molecular complexity index is 838. The number of amides is 1. The molecule has 1 aromatic carbocycles. The molecule has 1 amide bonds. The van der Waals surface area contributed by atoms with Gasteiger partial charge in [0, 0.05) is 35.8 Å². The first-order chi connectivity index (χ1) is 11.9. The van der Waals surface area contributed by atoms with Crippen LogP contribution < -0.4 is 5.32 Å². The third kappa shape index (κ3) is 3.61. The number of carbonyl (C=O) groups excluding carboxylic acids is 1. The number of ether oxygens (including phenoxy) is 1. The Hall–Kier alpha value is -2.94. The zero-order valence-corrected chi connectivity index (χ0v) is 13.3. The highest BCUT2D eigenvalue weighted by atomic mass is 16.6. The molecule has 1 atom stereocenters. The molecule has 25 heavy (non-hydrogen) atoms. The van der Waals surface area contributed by atoms with Crippen molar-refractivity contribution in [3.05, 3.63) is 40.1 Å². The molecule has 0 spiro atoms. The normalized spacial score (nSPS) is 19.8. The molecule has 0 radical (unpaired) electrons. The van der Waals surface area contributed by atoms with Gasteiger partial charge >= 0.3 is 5.97 Å². The number of aromatic amines is 1. The van der Waals surface area contributed by atoms with Crippen LogP contribution >= 0.6 is 0 Å². The van der Waals surface area contributed by atoms with Gasteiger partial charge in [0.25, 0.3) is 5.69 Å². The third-order valence-corrected chi connectivity index (χ3v) is 4.31. The van der Waals surface area contributed by atoms with Gasteiger partial charge < -0.3 is 20.1 Å². The van der Waals surface area contributed by atoms with E-state index in [4.69, 9.17) is 9.84 Å². The van der Waals surface area contributed by atoms with E-state index in [1.807, 2.05) is 0 Å². The summed E-state index contributed by atoms with van der Waals surface area (Å²) in [5, 5.41) is 23.3. The maximum atomic E-state index is 12.4. The number of carboxylic acid groups (broad SMARTS) is 1. The summed E-state index contributed by atoms with van der Waals surface area (Å²) >= 11 is 0. The number of H-pyrrole nitrogens is 1. The number of nitro groups is 1. The Labute approximate surface area is 142 Å². The molecule has 0 bridgehead atoms. The molecule has 2 aromatic rings. The van der Waals surface area contributed by atoms with E-state index in [2.05, 4.69) is 10.3 Å². The highest BCUT2D eigenvalue weighted by Crippen LogP contribution is 2.26. The van der Waals surface area contributed by atoms with E-state index in [1.165, 1.54) is 12.1 Å². The Morgan fingerprint density at radius 2 is 2.24 bits per heavy atom. The van der Waals surface area contributed by atoms with Crippen LogP contribution in [0.1, 0.15) is 18.4 Å². The molecule has 132 valence electrons. The number of hydrogen-bond donors (Lipinski definition) is 3. The summed E-state index contributed by atoms with van der Waals surface area (Å²) < 4.78 is 5.25. The van der Waals surface area contributed by atoms with Gasteiger partial charge in [0.2, 0.25) is 5.91 Å². The largest absolute Gasteiger partial charge is 0.481 e. The van der Waals surface area contributed by atoms with Crippen LogP contribution in [-0.4, -0.2) is 45.6 Å². The summed E-state index contributed by atoms with van der Waals surface area (Å²) in [5.41, 5.74) is 0.347. The lowest BCUT2D eigenvalue weighted by Crippen LogP contribution is -2.51. The van der Waals surface area contributed by atoms with E-state index in [1.54, 1.807) is 12.3 Å². The van der Waals surface area contributed by atoms with Crippen LogP contribution in [-0.2, 0) is 20.7 Å². The van der Waals surface area contributed by atoms with E-state index in [0.717, 1.165) is 0 Å². The lowest BCUT2D eigenvalue weighted by molar-refractivity contribution is -0.384. The van der Waals surface area contributed by atoms with Gasteiger partial charge in [0.05, 0.1) is 29.9 Å². The highest BCUT2D eigenvalue weighted by Gasteiger charge is 2.38. The summed E-state index contributed by atoms with van der Waals surface area (Å²) in [7, 11) is 0. The number of rotatable bonds is 6. The minimum absolute atomic E-state index is 0.0114. The number of aromatic nitrogens is 1. The summed E-state index contributed by atoms with van der Waals surface area (Å²) in [6, 6.07) is 4.39. The number of carbonyl (C=O) groups is 2. The SMILES string of the molecule is O=C(O)CC1(NC(=O)Cc2c[nH]c3ccc([N+](=O)[O-])cc23)CCOC1. The summed E-state index contributed by atoms with van der Waals surface area (Å²) in [6.45, 7) is 0.553. The molecular formula is C16H17N3O6. The Morgan fingerprint density at radius 1 is 1.44 bits per heavy atom. The van der Waals surface area contributed by atoms with Crippen molar-refractivity contribution in [3.8, 4) is 0 Å². The molecule has 1 aromatic heterocycles. The molecule has 1 aliphatic heterocycles. The fraction of sp³-hybridized carbons (Fsp3) is 0.375. The molecule has 2 heterocycles. The van der Waals surface area contributed by atoms with Crippen LogP contribution in [0.2, 0.25) is 0 Å². The maximum absolute atomic E-state index is 12.4.